The van der Waals surface area contributed by atoms with Crippen LogP contribution in [0.25, 0.3) is 0 Å². The molecule has 2 aromatic carbocycles. The molecular weight excluding hydrogens is 561 g/mol. The SMILES string of the molecule is N[C@H](Cc1cc(F)c(F)cc1F)C1C[C@H]2CC[C@H](C1)N2S(=O)(=O)CCNC(=O)CCN1C(=O)c2ccccc2C1=O. The second-order valence-electron chi connectivity index (χ2n) is 10.9. The Morgan fingerprint density at radius 3 is 2.17 bits per heavy atom. The average molecular weight is 593 g/mol. The molecule has 3 aliphatic rings. The highest BCUT2D eigenvalue weighted by Gasteiger charge is 2.47. The van der Waals surface area contributed by atoms with E-state index >= 15 is 0 Å². The summed E-state index contributed by atoms with van der Waals surface area (Å²) < 4.78 is 68.9. The Kier molecular flexibility index (Phi) is 8.22. The maximum atomic E-state index is 14.1. The highest BCUT2D eigenvalue weighted by atomic mass is 32.2. The Hall–Kier alpha value is -3.29. The summed E-state index contributed by atoms with van der Waals surface area (Å²) in [7, 11) is -3.72. The van der Waals surface area contributed by atoms with Gasteiger partial charge in [-0.2, -0.15) is 4.31 Å². The predicted molar refractivity (Wildman–Crippen MR) is 143 cm³/mol. The van der Waals surface area contributed by atoms with Gasteiger partial charge in [0.15, 0.2) is 11.6 Å². The number of benzene rings is 2. The van der Waals surface area contributed by atoms with Gasteiger partial charge < -0.3 is 11.1 Å². The van der Waals surface area contributed by atoms with E-state index in [2.05, 4.69) is 5.32 Å². The molecule has 2 aromatic rings. The van der Waals surface area contributed by atoms with Crippen LogP contribution in [0, 0.1) is 23.4 Å². The van der Waals surface area contributed by atoms with E-state index in [1.165, 1.54) is 4.31 Å². The molecule has 3 heterocycles. The Morgan fingerprint density at radius 1 is 0.976 bits per heavy atom. The van der Waals surface area contributed by atoms with Crippen LogP contribution in [0.15, 0.2) is 36.4 Å². The molecule has 3 N–H and O–H groups in total. The summed E-state index contributed by atoms with van der Waals surface area (Å²) in [4.78, 5) is 38.3. The molecule has 0 aromatic heterocycles. The minimum absolute atomic E-state index is 0.00658. The predicted octanol–water partition coefficient (Wildman–Crippen LogP) is 2.35. The van der Waals surface area contributed by atoms with E-state index in [9.17, 15) is 36.0 Å². The summed E-state index contributed by atoms with van der Waals surface area (Å²) in [6.45, 7) is -0.241. The van der Waals surface area contributed by atoms with E-state index in [-0.39, 0.29) is 55.2 Å². The summed E-state index contributed by atoms with van der Waals surface area (Å²) >= 11 is 0. The minimum Gasteiger partial charge on any atom is -0.355 e. The number of carbonyl (C=O) groups excluding carboxylic acids is 3. The van der Waals surface area contributed by atoms with Crippen molar-refractivity contribution >= 4 is 27.7 Å². The molecule has 2 fully saturated rings. The van der Waals surface area contributed by atoms with Gasteiger partial charge in [0.05, 0.1) is 16.9 Å². The van der Waals surface area contributed by atoms with Gasteiger partial charge in [-0.15, -0.1) is 0 Å². The molecule has 220 valence electrons. The third-order valence-electron chi connectivity index (χ3n) is 8.30. The van der Waals surface area contributed by atoms with E-state index in [1.54, 1.807) is 24.3 Å². The molecule has 3 atom stereocenters. The van der Waals surface area contributed by atoms with Gasteiger partial charge >= 0.3 is 0 Å². The Balaban J connectivity index is 1.10. The highest BCUT2D eigenvalue weighted by Crippen LogP contribution is 2.42. The number of piperidine rings is 1. The molecule has 41 heavy (non-hydrogen) atoms. The van der Waals surface area contributed by atoms with E-state index < -0.39 is 51.2 Å². The largest absolute Gasteiger partial charge is 0.355 e. The van der Waals surface area contributed by atoms with Gasteiger partial charge in [-0.3, -0.25) is 19.3 Å². The lowest BCUT2D eigenvalue weighted by Crippen LogP contribution is -2.51. The summed E-state index contributed by atoms with van der Waals surface area (Å²) in [6, 6.07) is 6.61. The smallest absolute Gasteiger partial charge is 0.261 e. The number of fused-ring (bicyclic) bond motifs is 3. The standard InChI is InChI=1S/C28H31F3N4O5S/c29-22-15-24(31)23(30)13-16(22)14-25(32)17-11-18-5-6-19(12-17)35(18)41(39,40)10-8-33-26(36)7-9-34-27(37)20-3-1-2-4-21(20)28(34)38/h1-4,13,15,17-19,25H,5-12,14,32H2,(H,33,36)/t18-,19-,25-/m1/s1. The highest BCUT2D eigenvalue weighted by molar-refractivity contribution is 7.89. The average Bonchev–Trinajstić information content (AvgIpc) is 3.35. The number of nitrogens with two attached hydrogens (primary N) is 1. The maximum absolute atomic E-state index is 14.1. The number of imide groups is 1. The van der Waals surface area contributed by atoms with E-state index in [4.69, 9.17) is 5.73 Å². The molecule has 13 heteroatoms. The van der Waals surface area contributed by atoms with Crippen LogP contribution in [0.1, 0.15) is 58.4 Å². The first-order valence-electron chi connectivity index (χ1n) is 13.6. The summed E-state index contributed by atoms with van der Waals surface area (Å²) in [6.07, 6.45) is 2.09. The van der Waals surface area contributed by atoms with Gasteiger partial charge in [-0.1, -0.05) is 12.1 Å². The zero-order valence-corrected chi connectivity index (χ0v) is 23.0. The minimum atomic E-state index is -3.72. The van der Waals surface area contributed by atoms with Gasteiger partial charge in [0.2, 0.25) is 15.9 Å². The fourth-order valence-corrected chi connectivity index (χ4v) is 8.15. The summed E-state index contributed by atoms with van der Waals surface area (Å²) in [5, 5.41) is 2.56. The number of hydrogen-bond donors (Lipinski definition) is 2. The monoisotopic (exact) mass is 592 g/mol. The molecule has 2 bridgehead atoms. The molecule has 0 radical (unpaired) electrons. The molecule has 5 rings (SSSR count). The van der Waals surface area contributed by atoms with Crippen LogP contribution in [0.2, 0.25) is 0 Å². The van der Waals surface area contributed by atoms with Crippen molar-refractivity contribution in [3.8, 4) is 0 Å². The number of sulfonamides is 1. The molecule has 0 spiro atoms. The second kappa shape index (κ2) is 11.5. The first kappa shape index (κ1) is 29.2. The summed E-state index contributed by atoms with van der Waals surface area (Å²) in [5.41, 5.74) is 6.90. The number of rotatable bonds is 10. The first-order valence-corrected chi connectivity index (χ1v) is 15.2. The zero-order valence-electron chi connectivity index (χ0n) is 22.2. The number of hydrogen-bond acceptors (Lipinski definition) is 6. The Labute approximate surface area is 235 Å². The lowest BCUT2D eigenvalue weighted by molar-refractivity contribution is -0.121. The summed E-state index contributed by atoms with van der Waals surface area (Å²) in [5.74, 6) is -5.12. The molecule has 0 aliphatic carbocycles. The fourth-order valence-electron chi connectivity index (χ4n) is 6.29. The normalized spacial score (nSPS) is 23.1. The Bertz CT molecular complexity index is 1440. The first-order chi connectivity index (χ1) is 19.5. The van der Waals surface area contributed by atoms with E-state index in [0.29, 0.717) is 42.9 Å². The van der Waals surface area contributed by atoms with Gasteiger partial charge in [-0.05, 0) is 61.8 Å². The zero-order chi connectivity index (χ0) is 29.5. The van der Waals surface area contributed by atoms with Crippen molar-refractivity contribution < 1.29 is 36.0 Å². The van der Waals surface area contributed by atoms with Gasteiger partial charge in [-0.25, -0.2) is 21.6 Å². The van der Waals surface area contributed by atoms with Crippen LogP contribution < -0.4 is 11.1 Å². The van der Waals surface area contributed by atoms with Gasteiger partial charge in [0.25, 0.3) is 11.8 Å². The Morgan fingerprint density at radius 2 is 1.56 bits per heavy atom. The number of amides is 3. The van der Waals surface area contributed by atoms with Crippen LogP contribution in [0.4, 0.5) is 13.2 Å². The van der Waals surface area contributed by atoms with Gasteiger partial charge in [0, 0.05) is 43.7 Å². The van der Waals surface area contributed by atoms with Crippen molar-refractivity contribution in [2.45, 2.75) is 56.7 Å². The van der Waals surface area contributed by atoms with Crippen molar-refractivity contribution in [1.82, 2.24) is 14.5 Å². The number of carbonyl (C=O) groups is 3. The van der Waals surface area contributed by atoms with Crippen LogP contribution >= 0.6 is 0 Å². The fraction of sp³-hybridized carbons (Fsp3) is 0.464. The van der Waals surface area contributed by atoms with Gasteiger partial charge in [0.1, 0.15) is 5.82 Å². The number of nitrogens with one attached hydrogen (secondary N) is 1. The van der Waals surface area contributed by atoms with Crippen molar-refractivity contribution in [1.29, 1.82) is 0 Å². The lowest BCUT2D eigenvalue weighted by Gasteiger charge is -2.40. The van der Waals surface area contributed by atoms with Crippen LogP contribution in [0.5, 0.6) is 0 Å². The number of nitrogens with zero attached hydrogens (tertiary/aromatic N) is 2. The van der Waals surface area contributed by atoms with E-state index in [0.717, 1.165) is 11.0 Å². The second-order valence-corrected chi connectivity index (χ2v) is 12.9. The molecule has 2 saturated heterocycles. The third kappa shape index (κ3) is 5.88. The van der Waals surface area contributed by atoms with Crippen LogP contribution in [-0.2, 0) is 21.2 Å². The number of halogens is 3. The van der Waals surface area contributed by atoms with E-state index in [1.807, 2.05) is 0 Å². The molecular formula is C28H31F3N4O5S. The maximum Gasteiger partial charge on any atom is 0.261 e. The third-order valence-corrected chi connectivity index (χ3v) is 10.3. The van der Waals surface area contributed by atoms with Crippen molar-refractivity contribution in [2.24, 2.45) is 11.7 Å². The van der Waals surface area contributed by atoms with Crippen LogP contribution in [-0.4, -0.2) is 72.3 Å². The van der Waals surface area contributed by atoms with Crippen molar-refractivity contribution in [3.63, 3.8) is 0 Å². The molecule has 0 unspecified atom stereocenters. The topological polar surface area (TPSA) is 130 Å². The molecule has 3 amide bonds. The lowest BCUT2D eigenvalue weighted by atomic mass is 9.83. The molecule has 3 aliphatic heterocycles. The molecule has 9 nitrogen and oxygen atoms in total. The van der Waals surface area contributed by atoms with Crippen molar-refractivity contribution in [2.75, 3.05) is 18.8 Å². The van der Waals surface area contributed by atoms with Crippen molar-refractivity contribution in [3.05, 3.63) is 70.5 Å². The molecule has 0 saturated carbocycles. The van der Waals surface area contributed by atoms with Crippen LogP contribution in [0.3, 0.4) is 0 Å². The quantitative estimate of drug-likeness (QED) is 0.322.